The molecule has 66 valence electrons. The molecule has 0 radical (unpaired) electrons. The van der Waals surface area contributed by atoms with Gasteiger partial charge in [0.2, 0.25) is 0 Å². The fraction of sp³-hybridized carbons (Fsp3) is 0.400. The second-order valence-corrected chi connectivity index (χ2v) is 3.08. The lowest BCUT2D eigenvalue weighted by Crippen LogP contribution is -2.15. The summed E-state index contributed by atoms with van der Waals surface area (Å²) in [6.07, 6.45) is 0. The molecule has 0 saturated carbocycles. The number of hydrogen-bond donors (Lipinski definition) is 2. The summed E-state index contributed by atoms with van der Waals surface area (Å²) in [6.45, 7) is 4.08. The molecule has 0 aromatic heterocycles. The van der Waals surface area contributed by atoms with Gasteiger partial charge in [-0.15, -0.1) is 0 Å². The smallest absolute Gasteiger partial charge is 0.0624 e. The van der Waals surface area contributed by atoms with Crippen LogP contribution in [0.2, 0.25) is 0 Å². The highest BCUT2D eigenvalue weighted by atomic mass is 16.3. The molecular formula is C10H15NO. The van der Waals surface area contributed by atoms with Crippen molar-refractivity contribution in [3.05, 3.63) is 34.9 Å². The van der Waals surface area contributed by atoms with Gasteiger partial charge in [-0.3, -0.25) is 0 Å². The molecule has 0 heterocycles. The van der Waals surface area contributed by atoms with Crippen molar-refractivity contribution in [3.63, 3.8) is 0 Å². The second kappa shape index (κ2) is 3.70. The number of benzene rings is 1. The molecule has 2 nitrogen and oxygen atoms in total. The monoisotopic (exact) mass is 165 g/mol. The first-order chi connectivity index (χ1) is 5.66. The van der Waals surface area contributed by atoms with Gasteiger partial charge in [0.05, 0.1) is 12.6 Å². The minimum absolute atomic E-state index is 0.00426. The van der Waals surface area contributed by atoms with Gasteiger partial charge in [0.1, 0.15) is 0 Å². The molecule has 3 N–H and O–H groups in total. The number of aliphatic hydroxyl groups is 1. The maximum absolute atomic E-state index is 8.88. The molecular weight excluding hydrogens is 150 g/mol. The summed E-state index contributed by atoms with van der Waals surface area (Å²) in [7, 11) is 0. The van der Waals surface area contributed by atoms with Crippen molar-refractivity contribution < 1.29 is 5.11 Å². The number of aliphatic hydroxyl groups excluding tert-OH is 1. The van der Waals surface area contributed by atoms with E-state index in [2.05, 4.69) is 0 Å². The SMILES string of the molecule is Cc1cccc([C@@H](N)CO)c1C. The summed E-state index contributed by atoms with van der Waals surface area (Å²) >= 11 is 0. The highest BCUT2D eigenvalue weighted by molar-refractivity contribution is 5.35. The first-order valence-corrected chi connectivity index (χ1v) is 4.09. The zero-order chi connectivity index (χ0) is 9.14. The molecule has 1 aromatic carbocycles. The molecule has 1 rings (SSSR count). The lowest BCUT2D eigenvalue weighted by molar-refractivity contribution is 0.267. The average molecular weight is 165 g/mol. The summed E-state index contributed by atoms with van der Waals surface area (Å²) in [5.74, 6) is 0. The zero-order valence-corrected chi connectivity index (χ0v) is 7.54. The highest BCUT2D eigenvalue weighted by Gasteiger charge is 2.07. The third-order valence-electron chi connectivity index (χ3n) is 2.24. The van der Waals surface area contributed by atoms with E-state index in [1.807, 2.05) is 32.0 Å². The molecule has 0 spiro atoms. The Morgan fingerprint density at radius 1 is 1.42 bits per heavy atom. The van der Waals surface area contributed by atoms with Gasteiger partial charge in [-0.2, -0.15) is 0 Å². The van der Waals surface area contributed by atoms with Crippen LogP contribution in [0.1, 0.15) is 22.7 Å². The van der Waals surface area contributed by atoms with Crippen molar-refractivity contribution in [1.82, 2.24) is 0 Å². The molecule has 1 aromatic rings. The van der Waals surface area contributed by atoms with Crippen LogP contribution in [0.5, 0.6) is 0 Å². The normalized spacial score (nSPS) is 13.0. The van der Waals surface area contributed by atoms with Crippen LogP contribution in [-0.4, -0.2) is 11.7 Å². The highest BCUT2D eigenvalue weighted by Crippen LogP contribution is 2.17. The Bertz CT molecular complexity index is 271. The van der Waals surface area contributed by atoms with E-state index in [1.165, 1.54) is 11.1 Å². The van der Waals surface area contributed by atoms with Gasteiger partial charge in [-0.1, -0.05) is 18.2 Å². The molecule has 0 aliphatic carbocycles. The number of aryl methyl sites for hydroxylation is 1. The van der Waals surface area contributed by atoms with E-state index in [0.29, 0.717) is 0 Å². The van der Waals surface area contributed by atoms with Gasteiger partial charge >= 0.3 is 0 Å². The van der Waals surface area contributed by atoms with E-state index in [-0.39, 0.29) is 12.6 Å². The largest absolute Gasteiger partial charge is 0.394 e. The summed E-state index contributed by atoms with van der Waals surface area (Å²) in [4.78, 5) is 0. The number of rotatable bonds is 2. The van der Waals surface area contributed by atoms with Crippen LogP contribution in [0.15, 0.2) is 18.2 Å². The summed E-state index contributed by atoms with van der Waals surface area (Å²) in [6, 6.07) is 5.73. The Morgan fingerprint density at radius 2 is 2.08 bits per heavy atom. The van der Waals surface area contributed by atoms with Crippen LogP contribution >= 0.6 is 0 Å². The van der Waals surface area contributed by atoms with Crippen molar-refractivity contribution >= 4 is 0 Å². The maximum atomic E-state index is 8.88. The molecule has 0 unspecified atom stereocenters. The Hall–Kier alpha value is -0.860. The fourth-order valence-corrected chi connectivity index (χ4v) is 1.27. The van der Waals surface area contributed by atoms with Crippen LogP contribution in [0.4, 0.5) is 0 Å². The van der Waals surface area contributed by atoms with Gasteiger partial charge < -0.3 is 10.8 Å². The summed E-state index contributed by atoms with van der Waals surface area (Å²) in [5, 5.41) is 8.88. The Labute approximate surface area is 73.0 Å². The number of nitrogens with two attached hydrogens (primary N) is 1. The van der Waals surface area contributed by atoms with Crippen molar-refractivity contribution in [3.8, 4) is 0 Å². The van der Waals surface area contributed by atoms with Gasteiger partial charge in [-0.25, -0.2) is 0 Å². The lowest BCUT2D eigenvalue weighted by Gasteiger charge is -2.13. The van der Waals surface area contributed by atoms with Crippen LogP contribution in [0.3, 0.4) is 0 Å². The standard InChI is InChI=1S/C10H15NO/c1-7-4-3-5-9(8(7)2)10(11)6-12/h3-5,10,12H,6,11H2,1-2H3/t10-/m0/s1. The third-order valence-corrected chi connectivity index (χ3v) is 2.24. The van der Waals surface area contributed by atoms with Crippen LogP contribution < -0.4 is 5.73 Å². The third kappa shape index (κ3) is 1.65. The predicted octanol–water partition coefficient (Wildman–Crippen LogP) is 1.30. The van der Waals surface area contributed by atoms with E-state index in [0.717, 1.165) is 5.56 Å². The van der Waals surface area contributed by atoms with Crippen molar-refractivity contribution in [1.29, 1.82) is 0 Å². The van der Waals surface area contributed by atoms with Crippen LogP contribution in [0.25, 0.3) is 0 Å². The molecule has 0 aliphatic heterocycles. The summed E-state index contributed by atoms with van der Waals surface area (Å²) in [5.41, 5.74) is 9.15. The van der Waals surface area contributed by atoms with Gasteiger partial charge in [0, 0.05) is 0 Å². The van der Waals surface area contributed by atoms with E-state index in [4.69, 9.17) is 10.8 Å². The van der Waals surface area contributed by atoms with Crippen molar-refractivity contribution in [2.75, 3.05) is 6.61 Å². The van der Waals surface area contributed by atoms with Crippen LogP contribution in [0, 0.1) is 13.8 Å². The van der Waals surface area contributed by atoms with E-state index in [1.54, 1.807) is 0 Å². The molecule has 0 fully saturated rings. The topological polar surface area (TPSA) is 46.2 Å². The van der Waals surface area contributed by atoms with Crippen LogP contribution in [-0.2, 0) is 0 Å². The van der Waals surface area contributed by atoms with E-state index < -0.39 is 0 Å². The predicted molar refractivity (Wildman–Crippen MR) is 49.9 cm³/mol. The number of hydrogen-bond acceptors (Lipinski definition) is 2. The molecule has 0 bridgehead atoms. The molecule has 0 saturated heterocycles. The molecule has 1 atom stereocenters. The van der Waals surface area contributed by atoms with Crippen molar-refractivity contribution in [2.45, 2.75) is 19.9 Å². The Balaban J connectivity index is 3.07. The first-order valence-electron chi connectivity index (χ1n) is 4.09. The average Bonchev–Trinajstić information content (AvgIpc) is 2.08. The van der Waals surface area contributed by atoms with E-state index >= 15 is 0 Å². The minimum atomic E-state index is -0.245. The molecule has 0 aliphatic rings. The second-order valence-electron chi connectivity index (χ2n) is 3.08. The van der Waals surface area contributed by atoms with Gasteiger partial charge in [-0.05, 0) is 30.5 Å². The fourth-order valence-electron chi connectivity index (χ4n) is 1.27. The first kappa shape index (κ1) is 9.23. The lowest BCUT2D eigenvalue weighted by atomic mass is 9.98. The molecule has 12 heavy (non-hydrogen) atoms. The van der Waals surface area contributed by atoms with E-state index in [9.17, 15) is 0 Å². The van der Waals surface area contributed by atoms with Gasteiger partial charge in [0.15, 0.2) is 0 Å². The zero-order valence-electron chi connectivity index (χ0n) is 7.54. The minimum Gasteiger partial charge on any atom is -0.394 e. The molecule has 2 heteroatoms. The van der Waals surface area contributed by atoms with Gasteiger partial charge in [0.25, 0.3) is 0 Å². The quantitative estimate of drug-likeness (QED) is 0.693. The summed E-state index contributed by atoms with van der Waals surface area (Å²) < 4.78 is 0. The Morgan fingerprint density at radius 3 is 2.67 bits per heavy atom. The van der Waals surface area contributed by atoms with Crippen molar-refractivity contribution in [2.24, 2.45) is 5.73 Å². The maximum Gasteiger partial charge on any atom is 0.0624 e. The Kier molecular flexibility index (Phi) is 2.84. The molecule has 0 amide bonds.